The van der Waals surface area contributed by atoms with Crippen molar-refractivity contribution in [1.82, 2.24) is 5.32 Å². The van der Waals surface area contributed by atoms with E-state index in [1.807, 2.05) is 13.0 Å². The first kappa shape index (κ1) is 15.7. The first-order valence-electron chi connectivity index (χ1n) is 5.81. The molecule has 3 nitrogen and oxygen atoms in total. The quantitative estimate of drug-likeness (QED) is 0.667. The summed E-state index contributed by atoms with van der Waals surface area (Å²) in [6, 6.07) is 0.615. The monoisotopic (exact) mass is 247 g/mol. The third-order valence-electron chi connectivity index (χ3n) is 2.86. The second kappa shape index (κ2) is 7.07. The van der Waals surface area contributed by atoms with E-state index >= 15 is 0 Å². The van der Waals surface area contributed by atoms with E-state index in [0.717, 1.165) is 6.42 Å². The topological polar surface area (TPSA) is 46.2 Å². The molecule has 0 heterocycles. The average molecular weight is 247 g/mol. The number of nitrogens with one attached hydrogen (secondary N) is 1. The number of allylic oxidation sites excluding steroid dienone is 1. The Morgan fingerprint density at radius 2 is 1.88 bits per heavy atom. The summed E-state index contributed by atoms with van der Waals surface area (Å²) in [5.41, 5.74) is 0. The van der Waals surface area contributed by atoms with Crippen molar-refractivity contribution < 1.29 is 8.42 Å². The van der Waals surface area contributed by atoms with Crippen LogP contribution in [0.15, 0.2) is 12.7 Å². The molecule has 0 aliphatic rings. The molecule has 0 saturated carbocycles. The molecular formula is C12H25NO2S. The molecule has 0 fully saturated rings. The fourth-order valence-electron chi connectivity index (χ4n) is 1.55. The third kappa shape index (κ3) is 7.88. The Kier molecular flexibility index (Phi) is 6.91. The fourth-order valence-corrected chi connectivity index (χ4v) is 2.34. The Morgan fingerprint density at radius 3 is 2.31 bits per heavy atom. The predicted molar refractivity (Wildman–Crippen MR) is 70.4 cm³/mol. The number of rotatable bonds is 8. The van der Waals surface area contributed by atoms with Crippen LogP contribution in [-0.2, 0) is 9.84 Å². The van der Waals surface area contributed by atoms with Crippen LogP contribution < -0.4 is 5.32 Å². The van der Waals surface area contributed by atoms with Gasteiger partial charge in [0, 0.05) is 18.3 Å². The second-order valence-electron chi connectivity index (χ2n) is 4.78. The number of hydrogen-bond donors (Lipinski definition) is 1. The number of sulfone groups is 1. The van der Waals surface area contributed by atoms with Crippen molar-refractivity contribution in [2.45, 2.75) is 45.7 Å². The van der Waals surface area contributed by atoms with Gasteiger partial charge in [0.25, 0.3) is 0 Å². The SMILES string of the molecule is C=CCC(C)C(C)NC(C)CCS(C)(=O)=O. The first-order chi connectivity index (χ1) is 7.26. The van der Waals surface area contributed by atoms with Crippen LogP contribution in [0.2, 0.25) is 0 Å². The molecule has 3 atom stereocenters. The van der Waals surface area contributed by atoms with Gasteiger partial charge in [-0.3, -0.25) is 0 Å². The average Bonchev–Trinajstić information content (AvgIpc) is 2.14. The van der Waals surface area contributed by atoms with Crippen LogP contribution in [0.4, 0.5) is 0 Å². The minimum absolute atomic E-state index is 0.233. The summed E-state index contributed by atoms with van der Waals surface area (Å²) in [6.45, 7) is 10.1. The zero-order valence-corrected chi connectivity index (χ0v) is 11.7. The zero-order valence-electron chi connectivity index (χ0n) is 10.9. The standard InChI is InChI=1S/C12H25NO2S/c1-6-7-10(2)12(4)13-11(3)8-9-16(5,14)15/h6,10-13H,1,7-9H2,2-5H3. The van der Waals surface area contributed by atoms with Gasteiger partial charge in [0.1, 0.15) is 9.84 Å². The molecule has 16 heavy (non-hydrogen) atoms. The molecule has 4 heteroatoms. The molecule has 0 saturated heterocycles. The Balaban J connectivity index is 3.95. The van der Waals surface area contributed by atoms with Crippen molar-refractivity contribution in [3.8, 4) is 0 Å². The lowest BCUT2D eigenvalue weighted by molar-refractivity contribution is 0.362. The van der Waals surface area contributed by atoms with Crippen molar-refractivity contribution in [1.29, 1.82) is 0 Å². The van der Waals surface area contributed by atoms with Crippen molar-refractivity contribution in [2.24, 2.45) is 5.92 Å². The molecule has 0 aliphatic carbocycles. The largest absolute Gasteiger partial charge is 0.311 e. The lowest BCUT2D eigenvalue weighted by Crippen LogP contribution is -2.39. The maximum absolute atomic E-state index is 11.0. The molecule has 0 spiro atoms. The van der Waals surface area contributed by atoms with Gasteiger partial charge in [-0.15, -0.1) is 6.58 Å². The molecule has 1 N–H and O–H groups in total. The van der Waals surface area contributed by atoms with E-state index in [1.165, 1.54) is 6.26 Å². The molecule has 0 aliphatic heterocycles. The maximum atomic E-state index is 11.0. The summed E-state index contributed by atoms with van der Waals surface area (Å²) in [4.78, 5) is 0. The van der Waals surface area contributed by atoms with Gasteiger partial charge in [-0.05, 0) is 32.6 Å². The van der Waals surface area contributed by atoms with Gasteiger partial charge in [0.2, 0.25) is 0 Å². The highest BCUT2D eigenvalue weighted by atomic mass is 32.2. The van der Waals surface area contributed by atoms with Gasteiger partial charge in [0.05, 0.1) is 5.75 Å². The lowest BCUT2D eigenvalue weighted by Gasteiger charge is -2.24. The molecule has 0 radical (unpaired) electrons. The molecule has 0 aromatic rings. The smallest absolute Gasteiger partial charge is 0.147 e. The van der Waals surface area contributed by atoms with Gasteiger partial charge in [-0.2, -0.15) is 0 Å². The Bertz CT molecular complexity index is 298. The molecule has 0 amide bonds. The van der Waals surface area contributed by atoms with Crippen molar-refractivity contribution in [3.05, 3.63) is 12.7 Å². The van der Waals surface area contributed by atoms with E-state index < -0.39 is 9.84 Å². The van der Waals surface area contributed by atoms with Crippen molar-refractivity contribution in [3.63, 3.8) is 0 Å². The predicted octanol–water partition coefficient (Wildman–Crippen LogP) is 2.00. The molecule has 0 rings (SSSR count). The van der Waals surface area contributed by atoms with Crippen LogP contribution >= 0.6 is 0 Å². The molecule has 0 bridgehead atoms. The van der Waals surface area contributed by atoms with Gasteiger partial charge in [0.15, 0.2) is 0 Å². The van der Waals surface area contributed by atoms with Crippen LogP contribution in [0.25, 0.3) is 0 Å². The summed E-state index contributed by atoms with van der Waals surface area (Å²) in [7, 11) is -2.84. The minimum atomic E-state index is -2.84. The zero-order chi connectivity index (χ0) is 12.8. The summed E-state index contributed by atoms with van der Waals surface area (Å²) in [5.74, 6) is 0.780. The summed E-state index contributed by atoms with van der Waals surface area (Å²) < 4.78 is 22.0. The van der Waals surface area contributed by atoms with E-state index in [-0.39, 0.29) is 11.8 Å². The van der Waals surface area contributed by atoms with Crippen molar-refractivity contribution in [2.75, 3.05) is 12.0 Å². The van der Waals surface area contributed by atoms with Gasteiger partial charge >= 0.3 is 0 Å². The second-order valence-corrected chi connectivity index (χ2v) is 7.04. The van der Waals surface area contributed by atoms with Crippen molar-refractivity contribution >= 4 is 9.84 Å². The molecule has 96 valence electrons. The Hall–Kier alpha value is -0.350. The number of hydrogen-bond acceptors (Lipinski definition) is 3. The molecule has 0 aromatic heterocycles. The van der Waals surface area contributed by atoms with Gasteiger partial charge < -0.3 is 5.32 Å². The minimum Gasteiger partial charge on any atom is -0.311 e. The maximum Gasteiger partial charge on any atom is 0.147 e. The highest BCUT2D eigenvalue weighted by Crippen LogP contribution is 2.09. The van der Waals surface area contributed by atoms with E-state index in [4.69, 9.17) is 0 Å². The van der Waals surface area contributed by atoms with Gasteiger partial charge in [-0.1, -0.05) is 13.0 Å². The van der Waals surface area contributed by atoms with E-state index in [2.05, 4.69) is 25.7 Å². The van der Waals surface area contributed by atoms with Crippen LogP contribution in [0, 0.1) is 5.92 Å². The lowest BCUT2D eigenvalue weighted by atomic mass is 9.99. The summed E-state index contributed by atoms with van der Waals surface area (Å²) in [5, 5.41) is 3.42. The normalized spacial score (nSPS) is 17.8. The van der Waals surface area contributed by atoms with Crippen LogP contribution in [0.3, 0.4) is 0 Å². The van der Waals surface area contributed by atoms with E-state index in [1.54, 1.807) is 0 Å². The Morgan fingerprint density at radius 1 is 1.31 bits per heavy atom. The van der Waals surface area contributed by atoms with E-state index in [9.17, 15) is 8.42 Å². The fraction of sp³-hybridized carbons (Fsp3) is 0.833. The van der Waals surface area contributed by atoms with Crippen LogP contribution in [0.1, 0.15) is 33.6 Å². The first-order valence-corrected chi connectivity index (χ1v) is 7.87. The summed E-state index contributed by atoms with van der Waals surface area (Å²) >= 11 is 0. The molecule has 3 unspecified atom stereocenters. The van der Waals surface area contributed by atoms with E-state index in [0.29, 0.717) is 18.4 Å². The molecule has 0 aromatic carbocycles. The summed E-state index contributed by atoms with van der Waals surface area (Å²) in [6.07, 6.45) is 4.85. The third-order valence-corrected chi connectivity index (χ3v) is 3.84. The highest BCUT2D eigenvalue weighted by Gasteiger charge is 2.14. The molecular weight excluding hydrogens is 222 g/mol. The Labute approximate surface area is 100 Å². The van der Waals surface area contributed by atoms with Crippen LogP contribution in [-0.4, -0.2) is 32.5 Å². The highest BCUT2D eigenvalue weighted by molar-refractivity contribution is 7.90. The van der Waals surface area contributed by atoms with Gasteiger partial charge in [-0.25, -0.2) is 8.42 Å². The van der Waals surface area contributed by atoms with Crippen LogP contribution in [0.5, 0.6) is 0 Å².